The maximum absolute atomic E-state index is 12.0. The van der Waals surface area contributed by atoms with Crippen LogP contribution in [0, 0.1) is 11.3 Å². The summed E-state index contributed by atoms with van der Waals surface area (Å²) in [5, 5.41) is 14.9. The van der Waals surface area contributed by atoms with E-state index in [0.717, 1.165) is 6.42 Å². The van der Waals surface area contributed by atoms with E-state index < -0.39 is 0 Å². The predicted molar refractivity (Wildman–Crippen MR) is 78.7 cm³/mol. The molecule has 1 amide bonds. The Hall–Kier alpha value is -2.22. The van der Waals surface area contributed by atoms with Crippen molar-refractivity contribution in [3.05, 3.63) is 23.8 Å². The van der Waals surface area contributed by atoms with E-state index in [-0.39, 0.29) is 18.0 Å². The summed E-state index contributed by atoms with van der Waals surface area (Å²) in [4.78, 5) is 12.0. The fraction of sp³-hybridized carbons (Fsp3) is 0.467. The number of carbonyl (C=O) groups excluding carboxylic acids is 1. The van der Waals surface area contributed by atoms with Gasteiger partial charge in [0.05, 0.1) is 24.4 Å². The number of amides is 1. The van der Waals surface area contributed by atoms with Gasteiger partial charge in [0.25, 0.3) is 0 Å². The highest BCUT2D eigenvalue weighted by Gasteiger charge is 2.16. The second-order valence-electron chi connectivity index (χ2n) is 4.71. The van der Waals surface area contributed by atoms with E-state index >= 15 is 0 Å². The van der Waals surface area contributed by atoms with Crippen LogP contribution in [0.4, 0.5) is 5.69 Å². The molecule has 0 spiro atoms. The largest absolute Gasteiger partial charge is 0.495 e. The minimum Gasteiger partial charge on any atom is -0.495 e. The lowest BCUT2D eigenvalue weighted by Crippen LogP contribution is -2.41. The first-order chi connectivity index (χ1) is 9.51. The number of hydrogen-bond acceptors (Lipinski definition) is 4. The maximum Gasteiger partial charge on any atom is 0.242 e. The van der Waals surface area contributed by atoms with Crippen molar-refractivity contribution in [3.8, 4) is 11.8 Å². The predicted octanol–water partition coefficient (Wildman–Crippen LogP) is 2.28. The van der Waals surface area contributed by atoms with Crippen LogP contribution in [-0.4, -0.2) is 25.1 Å². The van der Waals surface area contributed by atoms with Crippen LogP contribution in [0.25, 0.3) is 0 Å². The minimum atomic E-state index is -0.383. The zero-order chi connectivity index (χ0) is 15.1. The number of nitrogens with zero attached hydrogens (tertiary/aromatic N) is 1. The molecule has 0 saturated heterocycles. The lowest BCUT2D eigenvalue weighted by atomic mass is 10.1. The molecule has 1 rings (SSSR count). The Balaban J connectivity index is 2.77. The molecule has 0 saturated carbocycles. The van der Waals surface area contributed by atoms with Crippen molar-refractivity contribution in [2.75, 3.05) is 12.4 Å². The molecule has 108 valence electrons. The summed E-state index contributed by atoms with van der Waals surface area (Å²) in [6.45, 7) is 5.77. The first-order valence-corrected chi connectivity index (χ1v) is 6.66. The monoisotopic (exact) mass is 275 g/mol. The summed E-state index contributed by atoms with van der Waals surface area (Å²) in [5.41, 5.74) is 1.21. The Morgan fingerprint density at radius 1 is 1.45 bits per heavy atom. The molecule has 2 N–H and O–H groups in total. The molecule has 20 heavy (non-hydrogen) atoms. The molecule has 0 radical (unpaired) electrons. The highest BCUT2D eigenvalue weighted by atomic mass is 16.5. The fourth-order valence-corrected chi connectivity index (χ4v) is 1.65. The van der Waals surface area contributed by atoms with Crippen LogP contribution >= 0.6 is 0 Å². The Morgan fingerprint density at radius 3 is 2.70 bits per heavy atom. The van der Waals surface area contributed by atoms with Crippen molar-refractivity contribution in [3.63, 3.8) is 0 Å². The normalized spacial score (nSPS) is 12.9. The Kier molecular flexibility index (Phi) is 5.85. The van der Waals surface area contributed by atoms with E-state index in [1.807, 2.05) is 13.8 Å². The Bertz CT molecular complexity index is 508. The van der Waals surface area contributed by atoms with Crippen molar-refractivity contribution in [1.29, 1.82) is 5.26 Å². The zero-order valence-corrected chi connectivity index (χ0v) is 12.4. The van der Waals surface area contributed by atoms with Gasteiger partial charge in [-0.15, -0.1) is 0 Å². The number of carbonyl (C=O) groups is 1. The zero-order valence-electron chi connectivity index (χ0n) is 12.4. The third kappa shape index (κ3) is 4.16. The second-order valence-corrected chi connectivity index (χ2v) is 4.71. The van der Waals surface area contributed by atoms with Crippen molar-refractivity contribution in [2.45, 2.75) is 39.3 Å². The molecule has 5 nitrogen and oxygen atoms in total. The second kappa shape index (κ2) is 7.39. The molecular formula is C15H21N3O2. The third-order valence-corrected chi connectivity index (χ3v) is 3.10. The summed E-state index contributed by atoms with van der Waals surface area (Å²) >= 11 is 0. The SMILES string of the molecule is CCC(C)NC(=O)C(C)Nc1ccc(C#N)cc1OC. The molecule has 1 aromatic carbocycles. The van der Waals surface area contributed by atoms with Gasteiger partial charge in [0.2, 0.25) is 5.91 Å². The summed E-state index contributed by atoms with van der Waals surface area (Å²) < 4.78 is 5.23. The van der Waals surface area contributed by atoms with Gasteiger partial charge in [0, 0.05) is 12.1 Å². The number of ether oxygens (including phenoxy) is 1. The van der Waals surface area contributed by atoms with Crippen LogP contribution in [0.5, 0.6) is 5.75 Å². The fourth-order valence-electron chi connectivity index (χ4n) is 1.65. The molecule has 0 aromatic heterocycles. The minimum absolute atomic E-state index is 0.0641. The summed E-state index contributed by atoms with van der Waals surface area (Å²) in [7, 11) is 1.53. The number of rotatable bonds is 6. The van der Waals surface area contributed by atoms with Crippen molar-refractivity contribution in [2.24, 2.45) is 0 Å². The van der Waals surface area contributed by atoms with Gasteiger partial charge in [-0.05, 0) is 32.4 Å². The van der Waals surface area contributed by atoms with Crippen LogP contribution in [0.1, 0.15) is 32.8 Å². The summed E-state index contributed by atoms with van der Waals surface area (Å²) in [6.07, 6.45) is 0.888. The van der Waals surface area contributed by atoms with Gasteiger partial charge in [-0.25, -0.2) is 0 Å². The van der Waals surface area contributed by atoms with Crippen molar-refractivity contribution < 1.29 is 9.53 Å². The van der Waals surface area contributed by atoms with E-state index in [4.69, 9.17) is 10.00 Å². The Morgan fingerprint density at radius 2 is 2.15 bits per heavy atom. The van der Waals surface area contributed by atoms with Crippen molar-refractivity contribution >= 4 is 11.6 Å². The molecule has 2 unspecified atom stereocenters. The molecule has 0 fully saturated rings. The van der Waals surface area contributed by atoms with Gasteiger partial charge in [0.1, 0.15) is 11.8 Å². The quantitative estimate of drug-likeness (QED) is 0.835. The maximum atomic E-state index is 12.0. The number of benzene rings is 1. The molecule has 2 atom stereocenters. The van der Waals surface area contributed by atoms with Crippen LogP contribution in [0.15, 0.2) is 18.2 Å². The van der Waals surface area contributed by atoms with Gasteiger partial charge in [-0.2, -0.15) is 5.26 Å². The van der Waals surface area contributed by atoms with E-state index in [2.05, 4.69) is 16.7 Å². The lowest BCUT2D eigenvalue weighted by molar-refractivity contribution is -0.122. The van der Waals surface area contributed by atoms with Gasteiger partial charge < -0.3 is 15.4 Å². The first kappa shape index (κ1) is 15.8. The molecule has 0 aliphatic rings. The molecule has 5 heteroatoms. The van der Waals surface area contributed by atoms with Crippen LogP contribution in [0.2, 0.25) is 0 Å². The standard InChI is InChI=1S/C15H21N3O2/c1-5-10(2)17-15(19)11(3)18-13-7-6-12(9-16)8-14(13)20-4/h6-8,10-11,18H,5H2,1-4H3,(H,17,19). The lowest BCUT2D eigenvalue weighted by Gasteiger charge is -2.19. The van der Waals surface area contributed by atoms with E-state index in [0.29, 0.717) is 17.0 Å². The number of nitriles is 1. The van der Waals surface area contributed by atoms with E-state index in [1.165, 1.54) is 7.11 Å². The number of anilines is 1. The van der Waals surface area contributed by atoms with Gasteiger partial charge in [0.15, 0.2) is 0 Å². The van der Waals surface area contributed by atoms with Crippen LogP contribution in [0.3, 0.4) is 0 Å². The summed E-state index contributed by atoms with van der Waals surface area (Å²) in [6, 6.07) is 6.88. The van der Waals surface area contributed by atoms with Gasteiger partial charge in [-0.3, -0.25) is 4.79 Å². The number of methoxy groups -OCH3 is 1. The molecule has 1 aromatic rings. The van der Waals surface area contributed by atoms with Crippen LogP contribution < -0.4 is 15.4 Å². The smallest absolute Gasteiger partial charge is 0.242 e. The Labute approximate surface area is 119 Å². The van der Waals surface area contributed by atoms with Crippen LogP contribution in [-0.2, 0) is 4.79 Å². The molecule has 0 aliphatic carbocycles. The molecule has 0 bridgehead atoms. The topological polar surface area (TPSA) is 74.2 Å². The number of hydrogen-bond donors (Lipinski definition) is 2. The molecule has 0 aliphatic heterocycles. The third-order valence-electron chi connectivity index (χ3n) is 3.10. The van der Waals surface area contributed by atoms with Gasteiger partial charge in [-0.1, -0.05) is 6.92 Å². The van der Waals surface area contributed by atoms with E-state index in [1.54, 1.807) is 25.1 Å². The highest BCUT2D eigenvalue weighted by molar-refractivity contribution is 5.85. The number of nitrogens with one attached hydrogen (secondary N) is 2. The van der Waals surface area contributed by atoms with Gasteiger partial charge >= 0.3 is 0 Å². The first-order valence-electron chi connectivity index (χ1n) is 6.66. The molecule has 0 heterocycles. The highest BCUT2D eigenvalue weighted by Crippen LogP contribution is 2.25. The summed E-state index contributed by atoms with van der Waals surface area (Å²) in [5.74, 6) is 0.484. The average molecular weight is 275 g/mol. The molecular weight excluding hydrogens is 254 g/mol. The van der Waals surface area contributed by atoms with E-state index in [9.17, 15) is 4.79 Å². The average Bonchev–Trinajstić information content (AvgIpc) is 2.47. The van der Waals surface area contributed by atoms with Crippen molar-refractivity contribution in [1.82, 2.24) is 5.32 Å².